The Bertz CT molecular complexity index is 335. The van der Waals surface area contributed by atoms with Crippen LogP contribution in [0.3, 0.4) is 0 Å². The number of carbonyl (C=O) groups excluding carboxylic acids is 1. The number of esters is 1. The molecule has 0 amide bonds. The Hall–Kier alpha value is -1.55. The van der Waals surface area contributed by atoms with Crippen LogP contribution >= 0.6 is 0 Å². The molecule has 0 radical (unpaired) electrons. The van der Waals surface area contributed by atoms with Crippen LogP contribution in [0.4, 0.5) is 0 Å². The topological polar surface area (TPSA) is 55.8 Å². The predicted molar refractivity (Wildman–Crippen MR) is 63.8 cm³/mol. The Kier molecular flexibility index (Phi) is 5.49. The number of aliphatic hydroxyl groups excluding tert-OH is 1. The number of rotatable bonds is 6. The van der Waals surface area contributed by atoms with Gasteiger partial charge in [0, 0.05) is 0 Å². The van der Waals surface area contributed by atoms with E-state index < -0.39 is 12.1 Å². The summed E-state index contributed by atoms with van der Waals surface area (Å²) in [6.07, 6.45) is -1.06. The van der Waals surface area contributed by atoms with Crippen LogP contribution in [0.25, 0.3) is 0 Å². The van der Waals surface area contributed by atoms with E-state index in [4.69, 9.17) is 9.47 Å². The van der Waals surface area contributed by atoms with E-state index in [2.05, 4.69) is 0 Å². The van der Waals surface area contributed by atoms with Crippen molar-refractivity contribution >= 4 is 5.97 Å². The molecule has 17 heavy (non-hydrogen) atoms. The monoisotopic (exact) mass is 238 g/mol. The smallest absolute Gasteiger partial charge is 0.308 e. The molecular formula is C13H18O4. The molecule has 1 atom stereocenters. The first kappa shape index (κ1) is 13.5. The Morgan fingerprint density at radius 1 is 1.29 bits per heavy atom. The first-order chi connectivity index (χ1) is 8.08. The maximum absolute atomic E-state index is 11.2. The second-order valence-electron chi connectivity index (χ2n) is 4.02. The van der Waals surface area contributed by atoms with Gasteiger partial charge in [-0.15, -0.1) is 0 Å². The van der Waals surface area contributed by atoms with Crippen molar-refractivity contribution in [3.63, 3.8) is 0 Å². The van der Waals surface area contributed by atoms with Crippen LogP contribution in [-0.2, 0) is 9.53 Å². The third-order valence-corrected chi connectivity index (χ3v) is 1.96. The Morgan fingerprint density at radius 3 is 2.53 bits per heavy atom. The maximum Gasteiger partial charge on any atom is 0.308 e. The molecule has 0 aromatic heterocycles. The van der Waals surface area contributed by atoms with E-state index in [1.165, 1.54) is 0 Å². The van der Waals surface area contributed by atoms with Crippen molar-refractivity contribution in [3.05, 3.63) is 30.3 Å². The molecule has 1 rings (SSSR count). The Labute approximate surface area is 101 Å². The minimum Gasteiger partial charge on any atom is -0.491 e. The standard InChI is InChI=1S/C13H18O4/c1-10(2)17-13(15)8-11(14)9-16-12-6-4-3-5-7-12/h3-7,10-11,14H,8-9H2,1-2H3/t11-/m0/s1. The van der Waals surface area contributed by atoms with Crippen LogP contribution in [0.15, 0.2) is 30.3 Å². The lowest BCUT2D eigenvalue weighted by Crippen LogP contribution is -2.24. The minimum absolute atomic E-state index is 0.0506. The molecule has 0 fully saturated rings. The second kappa shape index (κ2) is 6.91. The number of carbonyl (C=O) groups is 1. The van der Waals surface area contributed by atoms with E-state index in [0.29, 0.717) is 5.75 Å². The number of benzene rings is 1. The Morgan fingerprint density at radius 2 is 1.94 bits per heavy atom. The Balaban J connectivity index is 2.26. The fourth-order valence-electron chi connectivity index (χ4n) is 1.27. The van der Waals surface area contributed by atoms with E-state index in [0.717, 1.165) is 0 Å². The highest BCUT2D eigenvalue weighted by atomic mass is 16.5. The van der Waals surface area contributed by atoms with Gasteiger partial charge in [0.25, 0.3) is 0 Å². The summed E-state index contributed by atoms with van der Waals surface area (Å²) in [5, 5.41) is 9.57. The molecule has 0 heterocycles. The number of hydrogen-bond donors (Lipinski definition) is 1. The minimum atomic E-state index is -0.846. The summed E-state index contributed by atoms with van der Waals surface area (Å²) < 4.78 is 10.2. The molecular weight excluding hydrogens is 220 g/mol. The van der Waals surface area contributed by atoms with Gasteiger partial charge in [-0.05, 0) is 26.0 Å². The molecule has 4 nitrogen and oxygen atoms in total. The lowest BCUT2D eigenvalue weighted by atomic mass is 10.2. The molecule has 0 bridgehead atoms. The fourth-order valence-corrected chi connectivity index (χ4v) is 1.27. The van der Waals surface area contributed by atoms with Crippen molar-refractivity contribution in [2.45, 2.75) is 32.5 Å². The first-order valence-corrected chi connectivity index (χ1v) is 5.63. The van der Waals surface area contributed by atoms with Crippen molar-refractivity contribution in [2.24, 2.45) is 0 Å². The molecule has 1 N–H and O–H groups in total. The maximum atomic E-state index is 11.2. The van der Waals surface area contributed by atoms with Crippen molar-refractivity contribution < 1.29 is 19.4 Å². The summed E-state index contributed by atoms with van der Waals surface area (Å²) in [4.78, 5) is 11.2. The van der Waals surface area contributed by atoms with Gasteiger partial charge >= 0.3 is 5.97 Å². The molecule has 0 unspecified atom stereocenters. The van der Waals surface area contributed by atoms with Crippen LogP contribution in [0.5, 0.6) is 5.75 Å². The fraction of sp³-hybridized carbons (Fsp3) is 0.462. The van der Waals surface area contributed by atoms with E-state index in [9.17, 15) is 9.90 Å². The summed E-state index contributed by atoms with van der Waals surface area (Å²) >= 11 is 0. The average molecular weight is 238 g/mol. The van der Waals surface area contributed by atoms with Crippen LogP contribution in [0.2, 0.25) is 0 Å². The van der Waals surface area contributed by atoms with Crippen LogP contribution in [0.1, 0.15) is 20.3 Å². The van der Waals surface area contributed by atoms with E-state index in [-0.39, 0.29) is 19.1 Å². The predicted octanol–water partition coefficient (Wildman–Crippen LogP) is 1.77. The quantitative estimate of drug-likeness (QED) is 0.767. The highest BCUT2D eigenvalue weighted by Gasteiger charge is 2.13. The van der Waals surface area contributed by atoms with Gasteiger partial charge in [-0.2, -0.15) is 0 Å². The SMILES string of the molecule is CC(C)OC(=O)C[C@H](O)COc1ccccc1. The van der Waals surface area contributed by atoms with Crippen molar-refractivity contribution in [2.75, 3.05) is 6.61 Å². The molecule has 0 saturated carbocycles. The summed E-state index contributed by atoms with van der Waals surface area (Å²) in [7, 11) is 0. The average Bonchev–Trinajstić information content (AvgIpc) is 2.26. The number of aliphatic hydroxyl groups is 1. The molecule has 1 aromatic rings. The molecule has 0 aliphatic heterocycles. The zero-order valence-corrected chi connectivity index (χ0v) is 10.1. The number of ether oxygens (including phenoxy) is 2. The van der Waals surface area contributed by atoms with Crippen molar-refractivity contribution in [3.8, 4) is 5.75 Å². The molecule has 4 heteroatoms. The van der Waals surface area contributed by atoms with Crippen LogP contribution < -0.4 is 4.74 Å². The van der Waals surface area contributed by atoms with Gasteiger partial charge in [-0.3, -0.25) is 4.79 Å². The van der Waals surface area contributed by atoms with Crippen LogP contribution in [-0.4, -0.2) is 29.9 Å². The van der Waals surface area contributed by atoms with Crippen LogP contribution in [0, 0.1) is 0 Å². The molecule has 1 aromatic carbocycles. The van der Waals surface area contributed by atoms with Gasteiger partial charge in [0.2, 0.25) is 0 Å². The van der Waals surface area contributed by atoms with E-state index >= 15 is 0 Å². The van der Waals surface area contributed by atoms with Gasteiger partial charge in [0.15, 0.2) is 0 Å². The molecule has 94 valence electrons. The molecule has 0 aliphatic rings. The lowest BCUT2D eigenvalue weighted by molar-refractivity contribution is -0.150. The summed E-state index contributed by atoms with van der Waals surface area (Å²) in [6.45, 7) is 3.62. The van der Waals surface area contributed by atoms with E-state index in [1.54, 1.807) is 26.0 Å². The van der Waals surface area contributed by atoms with Gasteiger partial charge in [0.1, 0.15) is 12.4 Å². The van der Waals surface area contributed by atoms with Crippen molar-refractivity contribution in [1.29, 1.82) is 0 Å². The van der Waals surface area contributed by atoms with Crippen molar-refractivity contribution in [1.82, 2.24) is 0 Å². The lowest BCUT2D eigenvalue weighted by Gasteiger charge is -2.13. The highest BCUT2D eigenvalue weighted by Crippen LogP contribution is 2.09. The van der Waals surface area contributed by atoms with Gasteiger partial charge in [-0.25, -0.2) is 0 Å². The van der Waals surface area contributed by atoms with Gasteiger partial charge in [-0.1, -0.05) is 18.2 Å². The number of hydrogen-bond acceptors (Lipinski definition) is 4. The third kappa shape index (κ3) is 5.92. The second-order valence-corrected chi connectivity index (χ2v) is 4.02. The van der Waals surface area contributed by atoms with Gasteiger partial charge in [0.05, 0.1) is 18.6 Å². The normalized spacial score (nSPS) is 12.2. The highest BCUT2D eigenvalue weighted by molar-refractivity contribution is 5.70. The van der Waals surface area contributed by atoms with E-state index in [1.807, 2.05) is 18.2 Å². The summed E-state index contributed by atoms with van der Waals surface area (Å²) in [5.74, 6) is 0.257. The first-order valence-electron chi connectivity index (χ1n) is 5.63. The molecule has 0 aliphatic carbocycles. The zero-order valence-electron chi connectivity index (χ0n) is 10.1. The summed E-state index contributed by atoms with van der Waals surface area (Å²) in [5.41, 5.74) is 0. The number of para-hydroxylation sites is 1. The third-order valence-electron chi connectivity index (χ3n) is 1.96. The summed E-state index contributed by atoms with van der Waals surface area (Å²) in [6, 6.07) is 9.14. The molecule has 0 spiro atoms. The zero-order chi connectivity index (χ0) is 12.7. The van der Waals surface area contributed by atoms with Gasteiger partial charge < -0.3 is 14.6 Å². The molecule has 0 saturated heterocycles. The largest absolute Gasteiger partial charge is 0.491 e.